The number of ketones is 1. The summed E-state index contributed by atoms with van der Waals surface area (Å²) >= 11 is 1.69. The first-order chi connectivity index (χ1) is 10.3. The molecule has 1 nitrogen and oxygen atoms in total. The van der Waals surface area contributed by atoms with Gasteiger partial charge in [0.2, 0.25) is 0 Å². The van der Waals surface area contributed by atoms with Gasteiger partial charge in [-0.1, -0.05) is 70.4 Å². The van der Waals surface area contributed by atoms with Gasteiger partial charge in [-0.3, -0.25) is 4.79 Å². The third-order valence-electron chi connectivity index (χ3n) is 3.90. The second-order valence-electron chi connectivity index (χ2n) is 5.73. The average molecular weight is 307 g/mol. The summed E-state index contributed by atoms with van der Waals surface area (Å²) in [5.74, 6) is 0.300. The van der Waals surface area contributed by atoms with Crippen molar-refractivity contribution in [2.45, 2.75) is 76.0 Å². The molecule has 118 valence electrons. The highest BCUT2D eigenvalue weighted by Crippen LogP contribution is 2.18. The Morgan fingerprint density at radius 1 is 0.952 bits per heavy atom. The highest BCUT2D eigenvalue weighted by atomic mass is 32.2. The summed E-state index contributed by atoms with van der Waals surface area (Å²) in [6.07, 6.45) is 14.4. The van der Waals surface area contributed by atoms with Crippen molar-refractivity contribution >= 4 is 17.5 Å². The molecule has 0 N–H and O–H groups in total. The number of carbonyl (C=O) groups excluding carboxylic acids is 1. The predicted octanol–water partition coefficient (Wildman–Crippen LogP) is 6.51. The molecule has 21 heavy (non-hydrogen) atoms. The average Bonchev–Trinajstić information content (AvgIpc) is 2.53. The number of Topliss-reactive ketones (excluding diaryl/α,β-unsaturated/α-hetero) is 1. The van der Waals surface area contributed by atoms with Crippen molar-refractivity contribution in [3.8, 4) is 0 Å². The molecule has 2 heteroatoms. The molecule has 0 fully saturated rings. The Labute approximate surface area is 134 Å². The largest absolute Gasteiger partial charge is 0.294 e. The Hall–Kier alpha value is -0.760. The van der Waals surface area contributed by atoms with E-state index in [2.05, 4.69) is 13.0 Å². The van der Waals surface area contributed by atoms with E-state index in [1.54, 1.807) is 11.8 Å². The number of thioether (sulfide) groups is 1. The van der Waals surface area contributed by atoms with Crippen LogP contribution in [0, 0.1) is 0 Å². The van der Waals surface area contributed by atoms with Crippen LogP contribution in [-0.4, -0.2) is 12.0 Å². The molecule has 0 spiro atoms. The summed E-state index contributed by atoms with van der Waals surface area (Å²) in [6.45, 7) is 2.26. The van der Waals surface area contributed by atoms with Gasteiger partial charge in [0.1, 0.15) is 0 Å². The summed E-state index contributed by atoms with van der Waals surface area (Å²) in [7, 11) is 0. The Morgan fingerprint density at radius 2 is 1.57 bits per heavy atom. The normalized spacial score (nSPS) is 10.8. The van der Waals surface area contributed by atoms with E-state index in [1.807, 2.05) is 24.5 Å². The predicted molar refractivity (Wildman–Crippen MR) is 94.4 cm³/mol. The molecule has 0 aliphatic rings. The SMILES string of the molecule is CCCCCCCCCCCC(=O)c1cccc(SC)c1. The van der Waals surface area contributed by atoms with Crippen LogP contribution in [-0.2, 0) is 0 Å². The van der Waals surface area contributed by atoms with Gasteiger partial charge in [-0.05, 0) is 24.8 Å². The smallest absolute Gasteiger partial charge is 0.162 e. The van der Waals surface area contributed by atoms with Crippen LogP contribution >= 0.6 is 11.8 Å². The summed E-state index contributed by atoms with van der Waals surface area (Å²) in [4.78, 5) is 13.3. The monoisotopic (exact) mass is 306 g/mol. The van der Waals surface area contributed by atoms with Crippen LogP contribution in [0.15, 0.2) is 29.2 Å². The molecule has 0 radical (unpaired) electrons. The van der Waals surface area contributed by atoms with Gasteiger partial charge in [-0.25, -0.2) is 0 Å². The maximum Gasteiger partial charge on any atom is 0.162 e. The summed E-state index contributed by atoms with van der Waals surface area (Å²) in [6, 6.07) is 7.99. The number of unbranched alkanes of at least 4 members (excludes halogenated alkanes) is 8. The lowest BCUT2D eigenvalue weighted by atomic mass is 10.0. The zero-order chi connectivity index (χ0) is 15.3. The van der Waals surface area contributed by atoms with Gasteiger partial charge in [0.15, 0.2) is 5.78 Å². The number of benzene rings is 1. The molecule has 0 bridgehead atoms. The molecular weight excluding hydrogens is 276 g/mol. The lowest BCUT2D eigenvalue weighted by Crippen LogP contribution is -1.98. The minimum atomic E-state index is 0.300. The molecule has 0 aromatic heterocycles. The fourth-order valence-electron chi connectivity index (χ4n) is 2.54. The third kappa shape index (κ3) is 8.31. The first-order valence-corrected chi connectivity index (χ1v) is 9.67. The van der Waals surface area contributed by atoms with Crippen LogP contribution < -0.4 is 0 Å². The molecule has 0 unspecified atom stereocenters. The summed E-state index contributed by atoms with van der Waals surface area (Å²) < 4.78 is 0. The van der Waals surface area contributed by atoms with Crippen molar-refractivity contribution < 1.29 is 4.79 Å². The molecular formula is C19H30OS. The van der Waals surface area contributed by atoms with Crippen LogP contribution in [0.5, 0.6) is 0 Å². The second kappa shape index (κ2) is 11.9. The van der Waals surface area contributed by atoms with Crippen LogP contribution in [0.2, 0.25) is 0 Å². The summed E-state index contributed by atoms with van der Waals surface area (Å²) in [5, 5.41) is 0. The van der Waals surface area contributed by atoms with Crippen LogP contribution in [0.3, 0.4) is 0 Å². The van der Waals surface area contributed by atoms with Crippen LogP contribution in [0.1, 0.15) is 81.5 Å². The lowest BCUT2D eigenvalue weighted by Gasteiger charge is -2.04. The van der Waals surface area contributed by atoms with Crippen molar-refractivity contribution in [3.63, 3.8) is 0 Å². The van der Waals surface area contributed by atoms with Crippen LogP contribution in [0.4, 0.5) is 0 Å². The van der Waals surface area contributed by atoms with Crippen molar-refractivity contribution in [1.82, 2.24) is 0 Å². The van der Waals surface area contributed by atoms with E-state index in [1.165, 1.54) is 56.3 Å². The molecule has 0 saturated carbocycles. The lowest BCUT2D eigenvalue weighted by molar-refractivity contribution is 0.0979. The highest BCUT2D eigenvalue weighted by molar-refractivity contribution is 7.98. The minimum absolute atomic E-state index is 0.300. The zero-order valence-corrected chi connectivity index (χ0v) is 14.5. The van der Waals surface area contributed by atoms with Gasteiger partial charge in [0.05, 0.1) is 0 Å². The molecule has 1 aromatic rings. The van der Waals surface area contributed by atoms with E-state index in [4.69, 9.17) is 0 Å². The van der Waals surface area contributed by atoms with E-state index in [9.17, 15) is 4.79 Å². The third-order valence-corrected chi connectivity index (χ3v) is 4.62. The molecule has 0 saturated heterocycles. The number of carbonyl (C=O) groups is 1. The van der Waals surface area contributed by atoms with Crippen molar-refractivity contribution in [3.05, 3.63) is 29.8 Å². The fourth-order valence-corrected chi connectivity index (χ4v) is 3.00. The summed E-state index contributed by atoms with van der Waals surface area (Å²) in [5.41, 5.74) is 0.876. The standard InChI is InChI=1S/C19H30OS/c1-3-4-5-6-7-8-9-10-11-15-19(20)17-13-12-14-18(16-17)21-2/h12-14,16H,3-11,15H2,1-2H3. The topological polar surface area (TPSA) is 17.1 Å². The Balaban J connectivity index is 2.08. The number of hydrogen-bond donors (Lipinski definition) is 0. The van der Waals surface area contributed by atoms with Gasteiger partial charge in [-0.15, -0.1) is 11.8 Å². The second-order valence-corrected chi connectivity index (χ2v) is 6.61. The van der Waals surface area contributed by atoms with Crippen molar-refractivity contribution in [2.75, 3.05) is 6.26 Å². The van der Waals surface area contributed by atoms with Gasteiger partial charge in [0.25, 0.3) is 0 Å². The van der Waals surface area contributed by atoms with Crippen molar-refractivity contribution in [2.24, 2.45) is 0 Å². The first kappa shape index (κ1) is 18.3. The fraction of sp³-hybridized carbons (Fsp3) is 0.632. The van der Waals surface area contributed by atoms with Crippen molar-refractivity contribution in [1.29, 1.82) is 0 Å². The molecule has 1 rings (SSSR count). The van der Waals surface area contributed by atoms with E-state index in [0.717, 1.165) is 12.0 Å². The zero-order valence-electron chi connectivity index (χ0n) is 13.7. The van der Waals surface area contributed by atoms with E-state index in [-0.39, 0.29) is 0 Å². The quantitative estimate of drug-likeness (QED) is 0.249. The highest BCUT2D eigenvalue weighted by Gasteiger charge is 2.05. The van der Waals surface area contributed by atoms with Gasteiger partial charge in [-0.2, -0.15) is 0 Å². The van der Waals surface area contributed by atoms with Gasteiger partial charge >= 0.3 is 0 Å². The molecule has 0 atom stereocenters. The first-order valence-electron chi connectivity index (χ1n) is 8.45. The van der Waals surface area contributed by atoms with Gasteiger partial charge < -0.3 is 0 Å². The number of hydrogen-bond acceptors (Lipinski definition) is 2. The number of rotatable bonds is 12. The minimum Gasteiger partial charge on any atom is -0.294 e. The van der Waals surface area contributed by atoms with Crippen LogP contribution in [0.25, 0.3) is 0 Å². The molecule has 1 aromatic carbocycles. The van der Waals surface area contributed by atoms with E-state index >= 15 is 0 Å². The maximum absolute atomic E-state index is 12.1. The molecule has 0 aliphatic carbocycles. The Bertz CT molecular complexity index is 400. The molecule has 0 amide bonds. The molecule has 0 aliphatic heterocycles. The maximum atomic E-state index is 12.1. The van der Waals surface area contributed by atoms with E-state index in [0.29, 0.717) is 12.2 Å². The molecule has 0 heterocycles. The Kier molecular flexibility index (Phi) is 10.3. The Morgan fingerprint density at radius 3 is 2.19 bits per heavy atom. The van der Waals surface area contributed by atoms with Gasteiger partial charge in [0, 0.05) is 16.9 Å². The van der Waals surface area contributed by atoms with E-state index < -0.39 is 0 Å².